The van der Waals surface area contributed by atoms with Gasteiger partial charge in [-0.25, -0.2) is 0 Å². The van der Waals surface area contributed by atoms with Crippen molar-refractivity contribution in [3.63, 3.8) is 0 Å². The zero-order valence-corrected chi connectivity index (χ0v) is 11.7. The number of thiophene rings is 1. The van der Waals surface area contributed by atoms with Gasteiger partial charge in [-0.05, 0) is 31.9 Å². The van der Waals surface area contributed by atoms with Crippen molar-refractivity contribution in [3.8, 4) is 0 Å². The van der Waals surface area contributed by atoms with Crippen molar-refractivity contribution < 1.29 is 13.8 Å². The molecular weight excluding hydrogens is 270 g/mol. The molecule has 1 heterocycles. The fraction of sp³-hybridized carbons (Fsp3) is 0.500. The summed E-state index contributed by atoms with van der Waals surface area (Å²) in [5.74, 6) is -0.512. The summed E-state index contributed by atoms with van der Waals surface area (Å²) < 4.78 is 11.7. The van der Waals surface area contributed by atoms with Gasteiger partial charge in [0.05, 0.1) is 10.6 Å². The largest absolute Gasteiger partial charge is 0.353 e. The summed E-state index contributed by atoms with van der Waals surface area (Å²) in [6, 6.07) is 3.87. The molecule has 1 atom stereocenters. The van der Waals surface area contributed by atoms with E-state index < -0.39 is 10.8 Å². The number of ketones is 1. The molecule has 0 bridgehead atoms. The quantitative estimate of drug-likeness (QED) is 0.801. The smallest absolute Gasteiger partial charge is 0.232 e. The Balaban J connectivity index is 1.79. The van der Waals surface area contributed by atoms with Gasteiger partial charge < -0.3 is 5.32 Å². The summed E-state index contributed by atoms with van der Waals surface area (Å²) in [6.45, 7) is 1.92. The van der Waals surface area contributed by atoms with Crippen LogP contribution in [0, 0.1) is 6.92 Å². The Hall–Kier alpha value is -1.01. The Kier molecular flexibility index (Phi) is 4.29. The van der Waals surface area contributed by atoms with Crippen LogP contribution in [0.2, 0.25) is 0 Å². The minimum Gasteiger partial charge on any atom is -0.353 e. The number of nitrogens with one attached hydrogen (secondary N) is 1. The van der Waals surface area contributed by atoms with E-state index in [1.54, 1.807) is 6.07 Å². The third kappa shape index (κ3) is 4.03. The third-order valence-electron chi connectivity index (χ3n) is 2.54. The first-order valence-electron chi connectivity index (χ1n) is 5.78. The van der Waals surface area contributed by atoms with E-state index in [9.17, 15) is 13.8 Å². The zero-order chi connectivity index (χ0) is 13.1. The topological polar surface area (TPSA) is 63.2 Å². The van der Waals surface area contributed by atoms with Gasteiger partial charge in [-0.2, -0.15) is 0 Å². The van der Waals surface area contributed by atoms with E-state index >= 15 is 0 Å². The second-order valence-electron chi connectivity index (χ2n) is 4.40. The van der Waals surface area contributed by atoms with Gasteiger partial charge in [-0.15, -0.1) is 11.3 Å². The van der Waals surface area contributed by atoms with Crippen LogP contribution >= 0.6 is 11.3 Å². The van der Waals surface area contributed by atoms with Gasteiger partial charge in [0.25, 0.3) is 0 Å². The molecule has 0 aliphatic heterocycles. The van der Waals surface area contributed by atoms with Crippen LogP contribution in [-0.2, 0) is 15.6 Å². The summed E-state index contributed by atoms with van der Waals surface area (Å²) in [6.07, 6.45) is 2.01. The fourth-order valence-electron chi connectivity index (χ4n) is 1.50. The first-order valence-corrected chi connectivity index (χ1v) is 8.09. The van der Waals surface area contributed by atoms with Crippen LogP contribution in [0.4, 0.5) is 0 Å². The molecule has 0 aromatic carbocycles. The van der Waals surface area contributed by atoms with Crippen LogP contribution in [0.5, 0.6) is 0 Å². The van der Waals surface area contributed by atoms with Gasteiger partial charge in [0, 0.05) is 21.7 Å². The van der Waals surface area contributed by atoms with Crippen LogP contribution in [0.15, 0.2) is 12.1 Å². The fourth-order valence-corrected chi connectivity index (χ4v) is 3.32. The molecule has 1 N–H and O–H groups in total. The van der Waals surface area contributed by atoms with Gasteiger partial charge in [0.2, 0.25) is 5.91 Å². The lowest BCUT2D eigenvalue weighted by Gasteiger charge is -2.02. The van der Waals surface area contributed by atoms with E-state index in [-0.39, 0.29) is 29.2 Å². The van der Waals surface area contributed by atoms with E-state index in [0.717, 1.165) is 17.7 Å². The SMILES string of the molecule is Cc1ccc(C(=O)CS(=O)CC(=O)NC2CC2)s1. The average Bonchev–Trinajstić information content (AvgIpc) is 2.96. The molecule has 1 unspecified atom stereocenters. The normalized spacial score (nSPS) is 16.3. The molecule has 1 saturated carbocycles. The maximum atomic E-state index is 11.8. The van der Waals surface area contributed by atoms with E-state index in [1.807, 2.05) is 13.0 Å². The second kappa shape index (κ2) is 5.75. The third-order valence-corrected chi connectivity index (χ3v) is 4.75. The van der Waals surface area contributed by atoms with Crippen molar-refractivity contribution in [3.05, 3.63) is 21.9 Å². The van der Waals surface area contributed by atoms with Crippen LogP contribution in [0.25, 0.3) is 0 Å². The molecule has 1 fully saturated rings. The predicted octanol–water partition coefficient (Wildman–Crippen LogP) is 1.27. The zero-order valence-electron chi connectivity index (χ0n) is 10.1. The number of amides is 1. The summed E-state index contributed by atoms with van der Waals surface area (Å²) in [5.41, 5.74) is 0. The number of aryl methyl sites for hydroxylation is 1. The highest BCUT2D eigenvalue weighted by atomic mass is 32.2. The lowest BCUT2D eigenvalue weighted by molar-refractivity contribution is -0.118. The highest BCUT2D eigenvalue weighted by molar-refractivity contribution is 7.86. The van der Waals surface area contributed by atoms with Gasteiger partial charge in [0.15, 0.2) is 5.78 Å². The molecular formula is C12H15NO3S2. The van der Waals surface area contributed by atoms with E-state index in [1.165, 1.54) is 11.3 Å². The molecule has 18 heavy (non-hydrogen) atoms. The molecule has 1 aromatic rings. The number of carbonyl (C=O) groups excluding carboxylic acids is 2. The molecule has 0 saturated heterocycles. The minimum absolute atomic E-state index is 0.0714. The Morgan fingerprint density at radius 3 is 2.67 bits per heavy atom. The Morgan fingerprint density at radius 1 is 1.39 bits per heavy atom. The first-order chi connectivity index (χ1) is 8.54. The summed E-state index contributed by atoms with van der Waals surface area (Å²) in [5, 5.41) is 2.76. The standard InChI is InChI=1S/C12H15NO3S2/c1-8-2-5-11(17-8)10(14)6-18(16)7-12(15)13-9-3-4-9/h2,5,9H,3-4,6-7H2,1H3,(H,13,15). The van der Waals surface area contributed by atoms with E-state index in [2.05, 4.69) is 5.32 Å². The first kappa shape index (κ1) is 13.4. The van der Waals surface area contributed by atoms with Gasteiger partial charge in [0.1, 0.15) is 5.75 Å². The highest BCUT2D eigenvalue weighted by Gasteiger charge is 2.24. The Morgan fingerprint density at radius 2 is 2.11 bits per heavy atom. The minimum atomic E-state index is -1.41. The van der Waals surface area contributed by atoms with Crippen molar-refractivity contribution in [2.75, 3.05) is 11.5 Å². The van der Waals surface area contributed by atoms with Crippen LogP contribution in [0.3, 0.4) is 0 Å². The lowest BCUT2D eigenvalue weighted by atomic mass is 10.3. The maximum absolute atomic E-state index is 11.8. The van der Waals surface area contributed by atoms with Gasteiger partial charge in [-0.3, -0.25) is 13.8 Å². The number of hydrogen-bond acceptors (Lipinski definition) is 4. The summed E-state index contributed by atoms with van der Waals surface area (Å²) in [4.78, 5) is 24.8. The molecule has 98 valence electrons. The molecule has 0 radical (unpaired) electrons. The van der Waals surface area contributed by atoms with Gasteiger partial charge in [-0.1, -0.05) is 0 Å². The number of rotatable bonds is 6. The van der Waals surface area contributed by atoms with Crippen molar-refractivity contribution in [2.45, 2.75) is 25.8 Å². The molecule has 1 aromatic heterocycles. The van der Waals surface area contributed by atoms with Crippen molar-refractivity contribution in [1.29, 1.82) is 0 Å². The molecule has 1 aliphatic carbocycles. The molecule has 2 rings (SSSR count). The highest BCUT2D eigenvalue weighted by Crippen LogP contribution is 2.18. The van der Waals surface area contributed by atoms with Crippen LogP contribution in [0.1, 0.15) is 27.4 Å². The molecule has 4 nitrogen and oxygen atoms in total. The van der Waals surface area contributed by atoms with Crippen molar-refractivity contribution >= 4 is 33.8 Å². The molecule has 1 aliphatic rings. The number of Topliss-reactive ketones (excluding diaryl/α,β-unsaturated/α-hetero) is 1. The second-order valence-corrected chi connectivity index (χ2v) is 7.15. The average molecular weight is 285 g/mol. The Bertz CT molecular complexity index is 491. The van der Waals surface area contributed by atoms with E-state index in [4.69, 9.17) is 0 Å². The van der Waals surface area contributed by atoms with Crippen molar-refractivity contribution in [1.82, 2.24) is 5.32 Å². The number of carbonyl (C=O) groups is 2. The van der Waals surface area contributed by atoms with Crippen molar-refractivity contribution in [2.24, 2.45) is 0 Å². The molecule has 0 spiro atoms. The van der Waals surface area contributed by atoms with Crippen LogP contribution in [-0.4, -0.2) is 33.4 Å². The summed E-state index contributed by atoms with van der Waals surface area (Å²) in [7, 11) is -1.41. The van der Waals surface area contributed by atoms with Crippen LogP contribution < -0.4 is 5.32 Å². The summed E-state index contributed by atoms with van der Waals surface area (Å²) >= 11 is 1.39. The lowest BCUT2D eigenvalue weighted by Crippen LogP contribution is -2.31. The molecule has 1 amide bonds. The Labute approximate surface area is 112 Å². The number of hydrogen-bond donors (Lipinski definition) is 1. The maximum Gasteiger partial charge on any atom is 0.232 e. The van der Waals surface area contributed by atoms with Gasteiger partial charge >= 0.3 is 0 Å². The molecule has 6 heteroatoms. The monoisotopic (exact) mass is 285 g/mol. The predicted molar refractivity (Wildman–Crippen MR) is 72.4 cm³/mol. The van der Waals surface area contributed by atoms with E-state index in [0.29, 0.717) is 4.88 Å².